The van der Waals surface area contributed by atoms with E-state index in [4.69, 9.17) is 34.8 Å². The van der Waals surface area contributed by atoms with E-state index in [1.807, 2.05) is 54.3 Å². The molecule has 0 bridgehead atoms. The summed E-state index contributed by atoms with van der Waals surface area (Å²) in [6.45, 7) is 3.72. The van der Waals surface area contributed by atoms with E-state index in [-0.39, 0.29) is 18.2 Å². The normalized spacial score (nSPS) is 22.9. The summed E-state index contributed by atoms with van der Waals surface area (Å²) in [5, 5.41) is 11.3. The number of amides is 1. The maximum absolute atomic E-state index is 14.3. The van der Waals surface area contributed by atoms with E-state index in [1.165, 1.54) is 0 Å². The molecule has 2 aromatic carbocycles. The molecule has 0 saturated carbocycles. The van der Waals surface area contributed by atoms with Gasteiger partial charge in [0.25, 0.3) is 0 Å². The molecule has 3 aromatic rings. The van der Waals surface area contributed by atoms with Crippen LogP contribution in [0.2, 0.25) is 15.2 Å². The van der Waals surface area contributed by atoms with E-state index >= 15 is 0 Å². The second-order valence-corrected chi connectivity index (χ2v) is 10.8. The van der Waals surface area contributed by atoms with Crippen LogP contribution in [0.1, 0.15) is 67.9 Å². The maximum Gasteiger partial charge on any atom is 0.304 e. The van der Waals surface area contributed by atoms with E-state index in [0.717, 1.165) is 11.1 Å². The zero-order valence-electron chi connectivity index (χ0n) is 20.0. The summed E-state index contributed by atoms with van der Waals surface area (Å²) in [5.41, 5.74) is 1.36. The third kappa shape index (κ3) is 5.39. The average molecular weight is 546 g/mol. The predicted molar refractivity (Wildman–Crippen MR) is 142 cm³/mol. The Hall–Kier alpha value is -2.60. The minimum absolute atomic E-state index is 0.222. The molecule has 4 atom stereocenters. The first-order valence-corrected chi connectivity index (χ1v) is 12.9. The molecule has 0 unspecified atom stereocenters. The summed E-state index contributed by atoms with van der Waals surface area (Å²) < 4.78 is 0. The van der Waals surface area contributed by atoms with Crippen molar-refractivity contribution in [2.45, 2.75) is 51.1 Å². The second-order valence-electron chi connectivity index (χ2n) is 9.51. The number of likely N-dealkylation sites (tertiary alicyclic amines) is 1. The van der Waals surface area contributed by atoms with Crippen molar-refractivity contribution in [1.29, 1.82) is 0 Å². The number of aromatic nitrogens is 1. The van der Waals surface area contributed by atoms with Crippen LogP contribution in [0.4, 0.5) is 0 Å². The van der Waals surface area contributed by atoms with Crippen LogP contribution in [0.15, 0.2) is 66.7 Å². The number of halogens is 3. The molecule has 8 heteroatoms. The van der Waals surface area contributed by atoms with E-state index in [0.29, 0.717) is 33.7 Å². The lowest BCUT2D eigenvalue weighted by Crippen LogP contribution is -2.53. The van der Waals surface area contributed by atoms with Gasteiger partial charge in [0, 0.05) is 16.0 Å². The number of hydrogen-bond donors (Lipinski definition) is 1. The monoisotopic (exact) mass is 544 g/mol. The van der Waals surface area contributed by atoms with Gasteiger partial charge in [-0.15, -0.1) is 0 Å². The highest BCUT2D eigenvalue weighted by Crippen LogP contribution is 2.54. The zero-order chi connectivity index (χ0) is 26.0. The van der Waals surface area contributed by atoms with Crippen molar-refractivity contribution in [3.05, 3.63) is 98.7 Å². The van der Waals surface area contributed by atoms with Gasteiger partial charge in [-0.3, -0.25) is 9.59 Å². The van der Waals surface area contributed by atoms with Gasteiger partial charge in [-0.25, -0.2) is 4.98 Å². The molecule has 2 heterocycles. The van der Waals surface area contributed by atoms with E-state index < -0.39 is 23.5 Å². The standard InChI is InChI=1S/C28H27Cl3N2O3/c1-3-23(22-8-5-9-24(31)32-22)33-26(17-10-12-19(29)13-11-17)21(18-6-4-7-20(30)14-18)15-28(2,27(33)36)16-25(34)35/h4-14,21,23,26H,3,15-16H2,1-2H3,(H,34,35)/t21-,23+,26-,28+/m1/s1. The summed E-state index contributed by atoms with van der Waals surface area (Å²) in [5.74, 6) is -1.47. The number of hydrogen-bond acceptors (Lipinski definition) is 3. The van der Waals surface area contributed by atoms with Crippen molar-refractivity contribution in [3.8, 4) is 0 Å². The molecule has 1 aliphatic heterocycles. The fraction of sp³-hybridized carbons (Fsp3) is 0.321. The highest BCUT2D eigenvalue weighted by molar-refractivity contribution is 6.31. The number of pyridine rings is 1. The molecule has 1 fully saturated rings. The fourth-order valence-corrected chi connectivity index (χ4v) is 5.88. The smallest absolute Gasteiger partial charge is 0.304 e. The number of aliphatic carboxylic acids is 1. The van der Waals surface area contributed by atoms with Crippen LogP contribution in [0.5, 0.6) is 0 Å². The largest absolute Gasteiger partial charge is 0.481 e. The van der Waals surface area contributed by atoms with Gasteiger partial charge in [0.2, 0.25) is 5.91 Å². The van der Waals surface area contributed by atoms with Gasteiger partial charge < -0.3 is 10.0 Å². The Kier molecular flexibility index (Phi) is 7.93. The number of rotatable bonds is 7. The van der Waals surface area contributed by atoms with E-state index in [1.54, 1.807) is 31.2 Å². The molecule has 0 aliphatic carbocycles. The maximum atomic E-state index is 14.3. The first kappa shape index (κ1) is 26.5. The second kappa shape index (κ2) is 10.8. The summed E-state index contributed by atoms with van der Waals surface area (Å²) in [6, 6.07) is 19.5. The Morgan fingerprint density at radius 1 is 1.06 bits per heavy atom. The molecule has 5 nitrogen and oxygen atoms in total. The van der Waals surface area contributed by atoms with Gasteiger partial charge in [0.05, 0.1) is 29.6 Å². The van der Waals surface area contributed by atoms with Crippen molar-refractivity contribution in [2.24, 2.45) is 5.41 Å². The van der Waals surface area contributed by atoms with Crippen LogP contribution < -0.4 is 0 Å². The lowest BCUT2D eigenvalue weighted by molar-refractivity contribution is -0.161. The van der Waals surface area contributed by atoms with Gasteiger partial charge in [-0.05, 0) is 60.4 Å². The predicted octanol–water partition coefficient (Wildman–Crippen LogP) is 7.73. The van der Waals surface area contributed by atoms with Crippen molar-refractivity contribution >= 4 is 46.7 Å². The lowest BCUT2D eigenvalue weighted by Gasteiger charge is -2.51. The molecule has 4 rings (SSSR count). The molecule has 1 saturated heterocycles. The topological polar surface area (TPSA) is 70.5 Å². The third-order valence-corrected chi connectivity index (χ3v) is 7.63. The number of carboxylic acids is 1. The summed E-state index contributed by atoms with van der Waals surface area (Å²) >= 11 is 18.8. The van der Waals surface area contributed by atoms with Gasteiger partial charge in [0.1, 0.15) is 5.15 Å². The Morgan fingerprint density at radius 2 is 1.75 bits per heavy atom. The first-order chi connectivity index (χ1) is 17.1. The fourth-order valence-electron chi connectivity index (χ4n) is 5.38. The van der Waals surface area contributed by atoms with Crippen molar-refractivity contribution < 1.29 is 14.7 Å². The Morgan fingerprint density at radius 3 is 2.36 bits per heavy atom. The molecular weight excluding hydrogens is 519 g/mol. The van der Waals surface area contributed by atoms with Gasteiger partial charge >= 0.3 is 5.97 Å². The van der Waals surface area contributed by atoms with Gasteiger partial charge in [0.15, 0.2) is 0 Å². The Labute approximate surface area is 226 Å². The molecule has 0 radical (unpaired) electrons. The van der Waals surface area contributed by atoms with Crippen LogP contribution in [0.25, 0.3) is 0 Å². The first-order valence-electron chi connectivity index (χ1n) is 11.8. The van der Waals surface area contributed by atoms with Crippen molar-refractivity contribution in [2.75, 3.05) is 0 Å². The molecule has 1 aromatic heterocycles. The number of carbonyl (C=O) groups excluding carboxylic acids is 1. The van der Waals surface area contributed by atoms with Crippen LogP contribution in [0.3, 0.4) is 0 Å². The molecular formula is C28H27Cl3N2O3. The summed E-state index contributed by atoms with van der Waals surface area (Å²) in [6.07, 6.45) is 0.627. The molecule has 36 heavy (non-hydrogen) atoms. The number of nitrogens with zero attached hydrogens (tertiary/aromatic N) is 2. The summed E-state index contributed by atoms with van der Waals surface area (Å²) in [4.78, 5) is 32.6. The Bertz CT molecular complexity index is 1270. The van der Waals surface area contributed by atoms with Crippen LogP contribution in [-0.4, -0.2) is 26.9 Å². The molecule has 1 aliphatic rings. The summed E-state index contributed by atoms with van der Waals surface area (Å²) in [7, 11) is 0. The van der Waals surface area contributed by atoms with Crippen molar-refractivity contribution in [3.63, 3.8) is 0 Å². The van der Waals surface area contributed by atoms with Gasteiger partial charge in [-0.2, -0.15) is 0 Å². The Balaban J connectivity index is 1.96. The van der Waals surface area contributed by atoms with Crippen LogP contribution in [0, 0.1) is 5.41 Å². The third-order valence-electron chi connectivity index (χ3n) is 6.93. The SMILES string of the molecule is CC[C@@H](c1cccc(Cl)n1)N1C(=O)[C@](C)(CC(=O)O)C[C@H](c2cccc(Cl)c2)[C@H]1c1ccc(Cl)cc1. The van der Waals surface area contributed by atoms with E-state index in [2.05, 4.69) is 4.98 Å². The highest BCUT2D eigenvalue weighted by atomic mass is 35.5. The molecule has 188 valence electrons. The highest BCUT2D eigenvalue weighted by Gasteiger charge is 2.52. The minimum atomic E-state index is -1.13. The average Bonchev–Trinajstić information content (AvgIpc) is 2.82. The molecule has 1 N–H and O–H groups in total. The number of piperidine rings is 1. The zero-order valence-corrected chi connectivity index (χ0v) is 22.3. The van der Waals surface area contributed by atoms with Crippen molar-refractivity contribution in [1.82, 2.24) is 9.88 Å². The number of carbonyl (C=O) groups is 2. The quantitative estimate of drug-likeness (QED) is 0.308. The number of carboxylic acid groups (broad SMARTS) is 1. The van der Waals surface area contributed by atoms with E-state index in [9.17, 15) is 14.7 Å². The van der Waals surface area contributed by atoms with Crippen LogP contribution in [-0.2, 0) is 9.59 Å². The molecule has 0 spiro atoms. The lowest BCUT2D eigenvalue weighted by atomic mass is 9.67. The van der Waals surface area contributed by atoms with Gasteiger partial charge in [-0.1, -0.05) is 79.0 Å². The molecule has 1 amide bonds. The van der Waals surface area contributed by atoms with Crippen LogP contribution >= 0.6 is 34.8 Å². The minimum Gasteiger partial charge on any atom is -0.481 e. The number of benzene rings is 2.